The molecule has 1 aliphatic carbocycles. The molecule has 0 amide bonds. The van der Waals surface area contributed by atoms with Crippen molar-refractivity contribution in [1.29, 1.82) is 0 Å². The molecule has 122 valence electrons. The lowest BCUT2D eigenvalue weighted by Crippen LogP contribution is -2.02. The monoisotopic (exact) mass is 328 g/mol. The maximum atomic E-state index is 12.1. The minimum Gasteiger partial charge on any atom is -0.456 e. The molecule has 0 saturated heterocycles. The van der Waals surface area contributed by atoms with Crippen molar-refractivity contribution in [2.75, 3.05) is 0 Å². The van der Waals surface area contributed by atoms with Crippen molar-refractivity contribution in [3.8, 4) is 22.5 Å². The topological polar surface area (TPSA) is 47.3 Å². The van der Waals surface area contributed by atoms with Crippen molar-refractivity contribution in [2.45, 2.75) is 13.8 Å². The lowest BCUT2D eigenvalue weighted by Gasteiger charge is -2.17. The fourth-order valence-corrected chi connectivity index (χ4v) is 3.28. The summed E-state index contributed by atoms with van der Waals surface area (Å²) in [5.41, 5.74) is 4.92. The number of Topliss-reactive ketones (excluding diaryl/α,β-unsaturated/α-hetero) is 1. The Morgan fingerprint density at radius 1 is 0.920 bits per heavy atom. The molecule has 0 radical (unpaired) electrons. The van der Waals surface area contributed by atoms with Crippen molar-refractivity contribution in [3.05, 3.63) is 82.0 Å². The molecule has 2 aromatic carbocycles. The quantitative estimate of drug-likeness (QED) is 0.381. The standard InChI is InChI=1S/C22H16O3/c1-13-7-9-18-20(11-13)25-21-12-15(24)8-10-19(21)22(18)17-6-4-3-5-16(17)14(2)23/h3-12H,1-2H3. The zero-order valence-corrected chi connectivity index (χ0v) is 14.0. The van der Waals surface area contributed by atoms with E-state index in [2.05, 4.69) is 0 Å². The van der Waals surface area contributed by atoms with Crippen LogP contribution in [0.5, 0.6) is 0 Å². The average molecular weight is 328 g/mol. The van der Waals surface area contributed by atoms with Gasteiger partial charge in [-0.15, -0.1) is 0 Å². The van der Waals surface area contributed by atoms with E-state index < -0.39 is 0 Å². The number of ketones is 1. The molecule has 1 aliphatic heterocycles. The van der Waals surface area contributed by atoms with Crippen molar-refractivity contribution >= 4 is 16.8 Å². The van der Waals surface area contributed by atoms with E-state index in [1.54, 1.807) is 13.0 Å². The van der Waals surface area contributed by atoms with Crippen LogP contribution < -0.4 is 5.43 Å². The lowest BCUT2D eigenvalue weighted by atomic mass is 9.89. The van der Waals surface area contributed by atoms with E-state index in [4.69, 9.17) is 4.42 Å². The number of aryl methyl sites for hydroxylation is 1. The predicted molar refractivity (Wildman–Crippen MR) is 99.3 cm³/mol. The molecule has 0 unspecified atom stereocenters. The van der Waals surface area contributed by atoms with Crippen LogP contribution in [0.4, 0.5) is 0 Å². The highest BCUT2D eigenvalue weighted by molar-refractivity contribution is 6.09. The molecule has 0 saturated carbocycles. The van der Waals surface area contributed by atoms with E-state index in [1.165, 1.54) is 12.1 Å². The first kappa shape index (κ1) is 15.3. The van der Waals surface area contributed by atoms with Crippen LogP contribution in [0.1, 0.15) is 22.8 Å². The fraction of sp³-hybridized carbons (Fsp3) is 0.0909. The molecule has 0 bridgehead atoms. The van der Waals surface area contributed by atoms with Crippen LogP contribution in [0.2, 0.25) is 0 Å². The number of hydrogen-bond acceptors (Lipinski definition) is 3. The van der Waals surface area contributed by atoms with E-state index in [0.29, 0.717) is 16.9 Å². The summed E-state index contributed by atoms with van der Waals surface area (Å²) in [5.74, 6) is 0.532. The molecule has 0 atom stereocenters. The van der Waals surface area contributed by atoms with Gasteiger partial charge >= 0.3 is 0 Å². The molecule has 0 spiro atoms. The SMILES string of the molecule is CC(=O)c1ccccc1-c1c2ccc(=O)cc-2oc2cc(C)ccc12. The number of fused-ring (bicyclic) bond motifs is 2. The van der Waals surface area contributed by atoms with Crippen LogP contribution in [0.3, 0.4) is 0 Å². The number of carbonyl (C=O) groups excluding carboxylic acids is 1. The third-order valence-corrected chi connectivity index (χ3v) is 4.42. The Balaban J connectivity index is 2.22. The van der Waals surface area contributed by atoms with E-state index in [-0.39, 0.29) is 11.2 Å². The highest BCUT2D eigenvalue weighted by Gasteiger charge is 2.20. The third kappa shape index (κ3) is 2.54. The van der Waals surface area contributed by atoms with Gasteiger partial charge in [0.05, 0.1) is 0 Å². The molecule has 2 aromatic rings. The number of carbonyl (C=O) groups is 1. The first-order valence-corrected chi connectivity index (χ1v) is 8.12. The Bertz CT molecular complexity index is 1150. The molecule has 3 heteroatoms. The Labute approximate surface area is 144 Å². The maximum absolute atomic E-state index is 12.1. The smallest absolute Gasteiger partial charge is 0.182 e. The average Bonchev–Trinajstić information content (AvgIpc) is 2.59. The van der Waals surface area contributed by atoms with E-state index in [1.807, 2.05) is 49.4 Å². The van der Waals surface area contributed by atoms with Gasteiger partial charge in [-0.3, -0.25) is 9.59 Å². The Morgan fingerprint density at radius 3 is 2.52 bits per heavy atom. The lowest BCUT2D eigenvalue weighted by molar-refractivity contribution is 0.101. The molecule has 25 heavy (non-hydrogen) atoms. The molecule has 0 aromatic heterocycles. The summed E-state index contributed by atoms with van der Waals surface area (Å²) in [5, 5.41) is 0.922. The summed E-state index contributed by atoms with van der Waals surface area (Å²) in [7, 11) is 0. The van der Waals surface area contributed by atoms with E-state index in [9.17, 15) is 9.59 Å². The van der Waals surface area contributed by atoms with Gasteiger partial charge in [0, 0.05) is 28.1 Å². The number of benzene rings is 3. The van der Waals surface area contributed by atoms with Gasteiger partial charge in [0.1, 0.15) is 11.3 Å². The van der Waals surface area contributed by atoms with Gasteiger partial charge in [-0.05, 0) is 43.2 Å². The molecular weight excluding hydrogens is 312 g/mol. The predicted octanol–water partition coefficient (Wildman–Crippen LogP) is 5.08. The molecule has 0 fully saturated rings. The zero-order valence-electron chi connectivity index (χ0n) is 14.0. The highest BCUT2D eigenvalue weighted by atomic mass is 16.3. The van der Waals surface area contributed by atoms with Gasteiger partial charge in [-0.1, -0.05) is 36.4 Å². The Hall–Kier alpha value is -3.20. The first-order chi connectivity index (χ1) is 12.0. The first-order valence-electron chi connectivity index (χ1n) is 8.12. The van der Waals surface area contributed by atoms with Crippen molar-refractivity contribution < 1.29 is 9.21 Å². The van der Waals surface area contributed by atoms with Crippen LogP contribution in [-0.2, 0) is 0 Å². The summed E-state index contributed by atoms with van der Waals surface area (Å²) in [6.45, 7) is 3.56. The second-order valence-electron chi connectivity index (χ2n) is 6.24. The van der Waals surface area contributed by atoms with Crippen molar-refractivity contribution in [3.63, 3.8) is 0 Å². The van der Waals surface area contributed by atoms with Crippen molar-refractivity contribution in [1.82, 2.24) is 0 Å². The number of hydrogen-bond donors (Lipinski definition) is 0. The summed E-state index contributed by atoms with van der Waals surface area (Å²) < 4.78 is 5.99. The van der Waals surface area contributed by atoms with Gasteiger partial charge in [-0.2, -0.15) is 0 Å². The van der Waals surface area contributed by atoms with Gasteiger partial charge in [-0.25, -0.2) is 0 Å². The summed E-state index contributed by atoms with van der Waals surface area (Å²) in [6.07, 6.45) is 0. The van der Waals surface area contributed by atoms with Gasteiger partial charge in [0.15, 0.2) is 11.2 Å². The molecule has 3 nitrogen and oxygen atoms in total. The van der Waals surface area contributed by atoms with Crippen LogP contribution in [-0.4, -0.2) is 5.78 Å². The second-order valence-corrected chi connectivity index (χ2v) is 6.24. The van der Waals surface area contributed by atoms with Crippen LogP contribution in [0.25, 0.3) is 33.4 Å². The molecule has 0 N–H and O–H groups in total. The minimum atomic E-state index is -0.103. The minimum absolute atomic E-state index is 0.00486. The van der Waals surface area contributed by atoms with E-state index in [0.717, 1.165) is 27.6 Å². The van der Waals surface area contributed by atoms with Crippen LogP contribution in [0.15, 0.2) is 69.9 Å². The molecule has 1 heterocycles. The van der Waals surface area contributed by atoms with Gasteiger partial charge in [0.25, 0.3) is 0 Å². The normalized spacial score (nSPS) is 11.1. The van der Waals surface area contributed by atoms with Crippen molar-refractivity contribution in [2.24, 2.45) is 0 Å². The van der Waals surface area contributed by atoms with Gasteiger partial charge in [0.2, 0.25) is 0 Å². The van der Waals surface area contributed by atoms with Crippen LogP contribution >= 0.6 is 0 Å². The second kappa shape index (κ2) is 5.71. The van der Waals surface area contributed by atoms with Crippen LogP contribution in [0, 0.1) is 6.92 Å². The largest absolute Gasteiger partial charge is 0.456 e. The Morgan fingerprint density at radius 2 is 1.72 bits per heavy atom. The summed E-state index contributed by atoms with van der Waals surface area (Å²) in [4.78, 5) is 23.9. The Kier molecular flexibility index (Phi) is 3.50. The maximum Gasteiger partial charge on any atom is 0.182 e. The number of rotatable bonds is 2. The van der Waals surface area contributed by atoms with E-state index >= 15 is 0 Å². The third-order valence-electron chi connectivity index (χ3n) is 4.42. The molecule has 4 rings (SSSR count). The highest BCUT2D eigenvalue weighted by Crippen LogP contribution is 2.41. The van der Waals surface area contributed by atoms with Gasteiger partial charge < -0.3 is 4.42 Å². The summed E-state index contributed by atoms with van der Waals surface area (Å²) in [6, 6.07) is 18.3. The summed E-state index contributed by atoms with van der Waals surface area (Å²) >= 11 is 0. The molecule has 2 aliphatic rings. The fourth-order valence-electron chi connectivity index (χ4n) is 3.28. The molecular formula is C22H16O3. The zero-order chi connectivity index (χ0) is 17.6.